The zero-order chi connectivity index (χ0) is 51.4. The molecule has 0 radical (unpaired) electrons. The Balaban J connectivity index is 4.08. The van der Waals surface area contributed by atoms with Gasteiger partial charge in [-0.15, -0.1) is 0 Å². The van der Waals surface area contributed by atoms with Gasteiger partial charge in [0.05, 0.1) is 0 Å². The van der Waals surface area contributed by atoms with Crippen molar-refractivity contribution in [3.8, 4) is 0 Å². The van der Waals surface area contributed by atoms with E-state index in [9.17, 15) is 14.4 Å². The molecule has 0 aromatic rings. The van der Waals surface area contributed by atoms with Crippen LogP contribution >= 0.6 is 0 Å². The third-order valence-electron chi connectivity index (χ3n) is 11.6. The maximum Gasteiger partial charge on any atom is 0.306 e. The molecule has 0 aliphatic carbocycles. The average molecular weight is 982 g/mol. The van der Waals surface area contributed by atoms with Crippen LogP contribution in [0, 0.1) is 0 Å². The summed E-state index contributed by atoms with van der Waals surface area (Å²) in [6.45, 7) is 6.33. The second-order valence-electron chi connectivity index (χ2n) is 18.5. The Hall–Kier alpha value is -4.45. The molecule has 0 aliphatic rings. The minimum atomic E-state index is -0.789. The van der Waals surface area contributed by atoms with E-state index in [4.69, 9.17) is 14.2 Å². The van der Waals surface area contributed by atoms with Crippen molar-refractivity contribution in [1.29, 1.82) is 0 Å². The highest BCUT2D eigenvalue weighted by molar-refractivity contribution is 5.71. The number of allylic oxidation sites excluding steroid dienone is 22. The molecular formula is C65H104O6. The van der Waals surface area contributed by atoms with Crippen molar-refractivity contribution in [2.45, 2.75) is 245 Å². The zero-order valence-corrected chi connectivity index (χ0v) is 45.7. The summed E-state index contributed by atoms with van der Waals surface area (Å²) in [5.41, 5.74) is 0. The molecule has 0 rings (SSSR count). The lowest BCUT2D eigenvalue weighted by Crippen LogP contribution is -2.30. The van der Waals surface area contributed by atoms with Crippen LogP contribution in [-0.2, 0) is 28.6 Å². The fraction of sp³-hybridized carbons (Fsp3) is 0.615. The third-order valence-corrected chi connectivity index (χ3v) is 11.6. The molecule has 0 saturated heterocycles. The highest BCUT2D eigenvalue weighted by Crippen LogP contribution is 2.13. The highest BCUT2D eigenvalue weighted by Gasteiger charge is 2.19. The maximum atomic E-state index is 12.7. The molecule has 6 nitrogen and oxygen atoms in total. The molecule has 0 saturated carbocycles. The van der Waals surface area contributed by atoms with Crippen molar-refractivity contribution in [2.24, 2.45) is 0 Å². The highest BCUT2D eigenvalue weighted by atomic mass is 16.6. The van der Waals surface area contributed by atoms with Crippen molar-refractivity contribution in [3.63, 3.8) is 0 Å². The maximum absolute atomic E-state index is 12.7. The molecule has 0 fully saturated rings. The van der Waals surface area contributed by atoms with Crippen LogP contribution in [0.5, 0.6) is 0 Å². The number of carbonyl (C=O) groups excluding carboxylic acids is 3. The lowest BCUT2D eigenvalue weighted by Gasteiger charge is -2.18. The summed E-state index contributed by atoms with van der Waals surface area (Å²) in [5.74, 6) is -0.938. The topological polar surface area (TPSA) is 78.9 Å². The van der Waals surface area contributed by atoms with Crippen molar-refractivity contribution in [1.82, 2.24) is 0 Å². The van der Waals surface area contributed by atoms with Gasteiger partial charge in [0.1, 0.15) is 13.2 Å². The third kappa shape index (κ3) is 56.3. The van der Waals surface area contributed by atoms with E-state index < -0.39 is 6.10 Å². The fourth-order valence-electron chi connectivity index (χ4n) is 7.35. The summed E-state index contributed by atoms with van der Waals surface area (Å²) in [4.78, 5) is 37.7. The molecule has 1 atom stereocenters. The number of carbonyl (C=O) groups is 3. The normalized spacial score (nSPS) is 13.1. The molecule has 0 aromatic heterocycles. The van der Waals surface area contributed by atoms with Gasteiger partial charge in [-0.1, -0.05) is 238 Å². The summed E-state index contributed by atoms with van der Waals surface area (Å²) in [6.07, 6.45) is 82.1. The van der Waals surface area contributed by atoms with Gasteiger partial charge in [0.2, 0.25) is 0 Å². The lowest BCUT2D eigenvalue weighted by molar-refractivity contribution is -0.167. The van der Waals surface area contributed by atoms with E-state index in [0.29, 0.717) is 19.3 Å². The zero-order valence-electron chi connectivity index (χ0n) is 45.7. The van der Waals surface area contributed by atoms with Gasteiger partial charge in [-0.25, -0.2) is 0 Å². The van der Waals surface area contributed by atoms with Gasteiger partial charge in [0.15, 0.2) is 6.10 Å². The predicted molar refractivity (Wildman–Crippen MR) is 306 cm³/mol. The summed E-state index contributed by atoms with van der Waals surface area (Å²) in [6, 6.07) is 0. The molecule has 0 aliphatic heterocycles. The smallest absolute Gasteiger partial charge is 0.306 e. The molecule has 6 heteroatoms. The standard InChI is InChI=1S/C65H104O6/c1-4-7-10-13-15-17-19-21-22-23-24-25-26-27-28-29-30-31-32-33-34-35-36-37-38-39-40-41-42-44-45-47-49-52-55-58-64(67)70-61-62(60-69-63(66)57-54-51-12-9-6-3)71-65(68)59-56-53-50-48-46-43-20-18-16-14-11-8-5-2/h7,10-11,14-15,17-18,20-22,24-25,27-28,30-31,33-34,36-37,39-40,62H,4-6,8-9,12-13,16,19,23,26,29,32,35,38,41-61H2,1-3H3/b10-7-,14-11-,17-15-,20-18-,22-21-,25-24-,28-27-,31-30-,34-33-,37-36-,40-39-. The van der Waals surface area contributed by atoms with Gasteiger partial charge in [-0.2, -0.15) is 0 Å². The van der Waals surface area contributed by atoms with E-state index in [1.807, 2.05) is 0 Å². The molecule has 1 unspecified atom stereocenters. The van der Waals surface area contributed by atoms with E-state index in [-0.39, 0.29) is 31.1 Å². The second kappa shape index (κ2) is 58.1. The van der Waals surface area contributed by atoms with E-state index >= 15 is 0 Å². The molecule has 0 bridgehead atoms. The molecule has 71 heavy (non-hydrogen) atoms. The van der Waals surface area contributed by atoms with E-state index in [1.54, 1.807) is 0 Å². The number of esters is 3. The second-order valence-corrected chi connectivity index (χ2v) is 18.5. The summed E-state index contributed by atoms with van der Waals surface area (Å²) >= 11 is 0. The first-order valence-electron chi connectivity index (χ1n) is 28.7. The van der Waals surface area contributed by atoms with Crippen LogP contribution in [0.2, 0.25) is 0 Å². The number of unbranched alkanes of at least 4 members (excludes halogenated alkanes) is 17. The number of ether oxygens (including phenoxy) is 3. The average Bonchev–Trinajstić information content (AvgIpc) is 3.37. The lowest BCUT2D eigenvalue weighted by atomic mass is 10.1. The number of hydrogen-bond acceptors (Lipinski definition) is 6. The van der Waals surface area contributed by atoms with Crippen LogP contribution in [0.25, 0.3) is 0 Å². The summed E-state index contributed by atoms with van der Waals surface area (Å²) in [7, 11) is 0. The van der Waals surface area contributed by atoms with Crippen molar-refractivity contribution in [2.75, 3.05) is 13.2 Å². The Morgan fingerprint density at radius 1 is 0.296 bits per heavy atom. The monoisotopic (exact) mass is 981 g/mol. The Labute approximate surface area is 436 Å². The Morgan fingerprint density at radius 3 is 0.915 bits per heavy atom. The van der Waals surface area contributed by atoms with Gasteiger partial charge >= 0.3 is 17.9 Å². The first-order chi connectivity index (χ1) is 35.0. The van der Waals surface area contributed by atoms with Gasteiger partial charge in [0.25, 0.3) is 0 Å². The minimum absolute atomic E-state index is 0.0906. The van der Waals surface area contributed by atoms with Gasteiger partial charge in [-0.05, 0) is 116 Å². The summed E-state index contributed by atoms with van der Waals surface area (Å²) < 4.78 is 16.7. The Bertz CT molecular complexity index is 1550. The van der Waals surface area contributed by atoms with Crippen LogP contribution < -0.4 is 0 Å². The van der Waals surface area contributed by atoms with Crippen molar-refractivity contribution < 1.29 is 28.6 Å². The minimum Gasteiger partial charge on any atom is -0.462 e. The quantitative estimate of drug-likeness (QED) is 0.0262. The number of rotatable bonds is 50. The van der Waals surface area contributed by atoms with Crippen LogP contribution in [-0.4, -0.2) is 37.2 Å². The van der Waals surface area contributed by atoms with E-state index in [2.05, 4.69) is 154 Å². The van der Waals surface area contributed by atoms with Crippen LogP contribution in [0.4, 0.5) is 0 Å². The molecule has 0 aromatic carbocycles. The van der Waals surface area contributed by atoms with Gasteiger partial charge in [0, 0.05) is 19.3 Å². The Morgan fingerprint density at radius 2 is 0.577 bits per heavy atom. The van der Waals surface area contributed by atoms with Gasteiger partial charge in [-0.3, -0.25) is 14.4 Å². The SMILES string of the molecule is CC/C=C\C/C=C\C/C=C\C/C=C\C/C=C\C/C=C\C/C=C\C/C=C\C/C=C\CCCCCCCCCC(=O)OCC(COC(=O)CCCCCCC)OC(=O)CCCCCCC/C=C\C/C=C\CCC. The largest absolute Gasteiger partial charge is 0.462 e. The van der Waals surface area contributed by atoms with E-state index in [0.717, 1.165) is 167 Å². The van der Waals surface area contributed by atoms with Crippen LogP contribution in [0.15, 0.2) is 134 Å². The molecule has 0 spiro atoms. The first kappa shape index (κ1) is 66.6. The molecule has 0 N–H and O–H groups in total. The van der Waals surface area contributed by atoms with Crippen molar-refractivity contribution >= 4 is 17.9 Å². The van der Waals surface area contributed by atoms with Crippen molar-refractivity contribution in [3.05, 3.63) is 134 Å². The Kier molecular flexibility index (Phi) is 54.5. The van der Waals surface area contributed by atoms with Crippen LogP contribution in [0.1, 0.15) is 239 Å². The van der Waals surface area contributed by atoms with Crippen LogP contribution in [0.3, 0.4) is 0 Å². The number of hydrogen-bond donors (Lipinski definition) is 0. The molecule has 400 valence electrons. The fourth-order valence-corrected chi connectivity index (χ4v) is 7.35. The molecular weight excluding hydrogens is 877 g/mol. The summed E-state index contributed by atoms with van der Waals surface area (Å²) in [5, 5.41) is 0. The first-order valence-corrected chi connectivity index (χ1v) is 28.7. The predicted octanol–water partition coefficient (Wildman–Crippen LogP) is 19.4. The van der Waals surface area contributed by atoms with Gasteiger partial charge < -0.3 is 14.2 Å². The van der Waals surface area contributed by atoms with E-state index in [1.165, 1.54) is 32.1 Å². The molecule has 0 amide bonds. The molecule has 0 heterocycles.